The summed E-state index contributed by atoms with van der Waals surface area (Å²) in [4.78, 5) is 48.2. The van der Waals surface area contributed by atoms with Gasteiger partial charge in [-0.1, -0.05) is 54.6 Å². The molecule has 0 aliphatic rings. The lowest BCUT2D eigenvalue weighted by Gasteiger charge is -2.15. The van der Waals surface area contributed by atoms with Gasteiger partial charge >= 0.3 is 12.1 Å². The first-order valence-corrected chi connectivity index (χ1v) is 11.5. The number of aromatic nitrogens is 2. The fraction of sp³-hybridized carbons (Fsp3) is 0.148. The van der Waals surface area contributed by atoms with Crippen LogP contribution in [0.3, 0.4) is 0 Å². The fourth-order valence-electron chi connectivity index (χ4n) is 3.77. The number of fused-ring (bicyclic) bond motifs is 1. The first-order chi connectivity index (χ1) is 18.3. The third-order valence-electron chi connectivity index (χ3n) is 5.64. The van der Waals surface area contributed by atoms with Crippen LogP contribution in [0.15, 0.2) is 77.6 Å². The van der Waals surface area contributed by atoms with Crippen molar-refractivity contribution in [1.82, 2.24) is 15.5 Å². The number of alkyl carbamates (subject to hydrolysis) is 1. The lowest BCUT2D eigenvalue weighted by Crippen LogP contribution is -2.43. The van der Waals surface area contributed by atoms with Crippen molar-refractivity contribution in [1.29, 1.82) is 0 Å². The van der Waals surface area contributed by atoms with Crippen LogP contribution in [-0.2, 0) is 27.4 Å². The number of carbonyl (C=O) groups excluding carboxylic acids is 2. The molecule has 0 saturated carbocycles. The van der Waals surface area contributed by atoms with Crippen LogP contribution >= 0.6 is 0 Å². The van der Waals surface area contributed by atoms with Gasteiger partial charge in [0.2, 0.25) is 5.91 Å². The number of benzene rings is 3. The highest BCUT2D eigenvalue weighted by atomic mass is 19.1. The number of carboxylic acids is 1. The van der Waals surface area contributed by atoms with Gasteiger partial charge in [-0.3, -0.25) is 9.59 Å². The zero-order valence-corrected chi connectivity index (χ0v) is 19.9. The summed E-state index contributed by atoms with van der Waals surface area (Å²) in [6, 6.07) is 18.2. The number of H-pyrrole nitrogens is 1. The Morgan fingerprint density at radius 1 is 0.974 bits per heavy atom. The minimum Gasteiger partial charge on any atom is -0.480 e. The zero-order chi connectivity index (χ0) is 27.1. The van der Waals surface area contributed by atoms with Gasteiger partial charge in [-0.05, 0) is 29.3 Å². The van der Waals surface area contributed by atoms with Gasteiger partial charge in [-0.25, -0.2) is 19.1 Å². The van der Waals surface area contributed by atoms with E-state index in [9.17, 15) is 28.7 Å². The number of ether oxygens (including phenoxy) is 1. The summed E-state index contributed by atoms with van der Waals surface area (Å²) >= 11 is 0. The molecule has 3 aromatic carbocycles. The van der Waals surface area contributed by atoms with Crippen LogP contribution in [0.5, 0.6) is 0 Å². The molecule has 0 saturated heterocycles. The molecule has 194 valence electrons. The third-order valence-corrected chi connectivity index (χ3v) is 5.64. The maximum atomic E-state index is 14.5. The summed E-state index contributed by atoms with van der Waals surface area (Å²) in [6.45, 7) is -0.0807. The van der Waals surface area contributed by atoms with E-state index in [0.717, 1.165) is 6.07 Å². The maximum absolute atomic E-state index is 14.5. The lowest BCUT2D eigenvalue weighted by molar-refractivity contribution is -0.140. The molecule has 0 fully saturated rings. The topological polar surface area (TPSA) is 150 Å². The predicted molar refractivity (Wildman–Crippen MR) is 136 cm³/mol. The molecule has 0 aliphatic heterocycles. The Kier molecular flexibility index (Phi) is 8.07. The molecule has 0 bridgehead atoms. The highest BCUT2D eigenvalue weighted by Crippen LogP contribution is 2.21. The summed E-state index contributed by atoms with van der Waals surface area (Å²) in [5, 5.41) is 21.6. The number of nitrogens with zero attached hydrogens (tertiary/aromatic N) is 1. The van der Waals surface area contributed by atoms with Crippen molar-refractivity contribution in [3.63, 3.8) is 0 Å². The first kappa shape index (κ1) is 26.0. The largest absolute Gasteiger partial charge is 0.480 e. The number of hydrogen-bond acceptors (Lipinski definition) is 6. The number of aromatic amines is 1. The van der Waals surface area contributed by atoms with Gasteiger partial charge in [0.1, 0.15) is 18.5 Å². The fourth-order valence-corrected chi connectivity index (χ4v) is 3.77. The standard InChI is InChI=1S/C27H23FN4O6/c28-20-11-10-17(12-21-18-8-4-5-9-19(18)25(34)32-31-21)13-22(20)29-24(33)14-23(26(35)36)30-27(37)38-15-16-6-2-1-3-7-16/h1-11,13,23H,12,14-15H2,(H,29,33)(H,30,37)(H,32,34)(H,35,36)/t23-/m0/s1. The van der Waals surface area contributed by atoms with Gasteiger partial charge in [0.25, 0.3) is 5.56 Å². The number of amides is 2. The number of halogens is 1. The van der Waals surface area contributed by atoms with E-state index in [2.05, 4.69) is 20.8 Å². The van der Waals surface area contributed by atoms with Gasteiger partial charge in [-0.15, -0.1) is 0 Å². The summed E-state index contributed by atoms with van der Waals surface area (Å²) in [7, 11) is 0. The number of aliphatic carboxylic acids is 1. The van der Waals surface area contributed by atoms with Gasteiger partial charge in [-0.2, -0.15) is 5.10 Å². The molecule has 38 heavy (non-hydrogen) atoms. The van der Waals surface area contributed by atoms with Crippen molar-refractivity contribution in [2.24, 2.45) is 0 Å². The van der Waals surface area contributed by atoms with E-state index < -0.39 is 36.2 Å². The Morgan fingerprint density at radius 2 is 1.68 bits per heavy atom. The second-order valence-corrected chi connectivity index (χ2v) is 8.39. The average molecular weight is 519 g/mol. The number of anilines is 1. The Bertz CT molecular complexity index is 1540. The van der Waals surface area contributed by atoms with Crippen molar-refractivity contribution >= 4 is 34.4 Å². The predicted octanol–water partition coefficient (Wildman–Crippen LogP) is 3.36. The molecular weight excluding hydrogens is 495 g/mol. The van der Waals surface area contributed by atoms with E-state index in [0.29, 0.717) is 27.6 Å². The summed E-state index contributed by atoms with van der Waals surface area (Å²) in [5.74, 6) is -3.02. The van der Waals surface area contributed by atoms with Crippen LogP contribution in [0.1, 0.15) is 23.2 Å². The minimum absolute atomic E-state index is 0.0807. The van der Waals surface area contributed by atoms with Crippen molar-refractivity contribution in [2.45, 2.75) is 25.5 Å². The molecule has 1 atom stereocenters. The molecule has 10 nitrogen and oxygen atoms in total. The molecule has 2 amide bonds. The molecule has 0 unspecified atom stereocenters. The second-order valence-electron chi connectivity index (χ2n) is 8.39. The number of rotatable bonds is 9. The number of carboxylic acid groups (broad SMARTS) is 1. The van der Waals surface area contributed by atoms with Gasteiger partial charge < -0.3 is 20.5 Å². The van der Waals surface area contributed by atoms with Crippen molar-refractivity contribution in [3.8, 4) is 0 Å². The number of nitrogens with one attached hydrogen (secondary N) is 3. The smallest absolute Gasteiger partial charge is 0.408 e. The Morgan fingerprint density at radius 3 is 2.42 bits per heavy atom. The van der Waals surface area contributed by atoms with E-state index in [-0.39, 0.29) is 24.3 Å². The molecule has 4 N–H and O–H groups in total. The van der Waals surface area contributed by atoms with Crippen molar-refractivity contribution < 1.29 is 28.6 Å². The minimum atomic E-state index is -1.60. The number of hydrogen-bond donors (Lipinski definition) is 4. The Labute approximate surface area is 215 Å². The average Bonchev–Trinajstić information content (AvgIpc) is 2.91. The van der Waals surface area contributed by atoms with E-state index in [1.54, 1.807) is 54.6 Å². The monoisotopic (exact) mass is 518 g/mol. The normalized spacial score (nSPS) is 11.5. The zero-order valence-electron chi connectivity index (χ0n) is 19.9. The van der Waals surface area contributed by atoms with E-state index in [1.807, 2.05) is 0 Å². The molecule has 1 heterocycles. The molecular formula is C27H23FN4O6. The van der Waals surface area contributed by atoms with Crippen molar-refractivity contribution in [2.75, 3.05) is 5.32 Å². The molecule has 4 rings (SSSR count). The Balaban J connectivity index is 1.40. The highest BCUT2D eigenvalue weighted by Gasteiger charge is 2.24. The van der Waals surface area contributed by atoms with Crippen LogP contribution in [0.2, 0.25) is 0 Å². The second kappa shape index (κ2) is 11.8. The summed E-state index contributed by atoms with van der Waals surface area (Å²) in [6.07, 6.45) is -1.44. The van der Waals surface area contributed by atoms with Crippen molar-refractivity contribution in [3.05, 3.63) is 106 Å². The molecule has 0 aliphatic carbocycles. The molecule has 0 spiro atoms. The molecule has 4 aromatic rings. The van der Waals surface area contributed by atoms with Crippen LogP contribution < -0.4 is 16.2 Å². The van der Waals surface area contributed by atoms with Gasteiger partial charge in [0.05, 0.1) is 23.2 Å². The van der Waals surface area contributed by atoms with Crippen LogP contribution in [0.4, 0.5) is 14.9 Å². The maximum Gasteiger partial charge on any atom is 0.408 e. The van der Waals surface area contributed by atoms with Crippen LogP contribution in [0.25, 0.3) is 10.8 Å². The van der Waals surface area contributed by atoms with E-state index >= 15 is 0 Å². The summed E-state index contributed by atoms with van der Waals surface area (Å²) < 4.78 is 19.5. The van der Waals surface area contributed by atoms with Gasteiger partial charge in [0, 0.05) is 11.8 Å². The molecule has 11 heteroatoms. The Hall–Kier alpha value is -5.06. The van der Waals surface area contributed by atoms with Crippen LogP contribution in [-0.4, -0.2) is 39.3 Å². The lowest BCUT2D eigenvalue weighted by atomic mass is 10.0. The SMILES string of the molecule is O=C(C[C@H](NC(=O)OCc1ccccc1)C(=O)O)Nc1cc(Cc2n[nH]c(=O)c3ccccc23)ccc1F. The quantitative estimate of drug-likeness (QED) is 0.265. The summed E-state index contributed by atoms with van der Waals surface area (Å²) in [5.41, 5.74) is 1.34. The van der Waals surface area contributed by atoms with Gasteiger partial charge in [0.15, 0.2) is 0 Å². The first-order valence-electron chi connectivity index (χ1n) is 11.5. The van der Waals surface area contributed by atoms with Crippen LogP contribution in [0, 0.1) is 5.82 Å². The molecule has 1 aromatic heterocycles. The van der Waals surface area contributed by atoms with E-state index in [4.69, 9.17) is 4.74 Å². The van der Waals surface area contributed by atoms with E-state index in [1.165, 1.54) is 12.1 Å². The highest BCUT2D eigenvalue weighted by molar-refractivity contribution is 5.95. The molecule has 0 radical (unpaired) electrons. The number of carbonyl (C=O) groups is 3. The third kappa shape index (κ3) is 6.58.